The van der Waals surface area contributed by atoms with Gasteiger partial charge in [-0.2, -0.15) is 0 Å². The van der Waals surface area contributed by atoms with Crippen LogP contribution in [0.1, 0.15) is 12.2 Å². The van der Waals surface area contributed by atoms with E-state index in [-0.39, 0.29) is 11.5 Å². The van der Waals surface area contributed by atoms with Crippen LogP contribution >= 0.6 is 0 Å². The van der Waals surface area contributed by atoms with Crippen molar-refractivity contribution in [2.24, 2.45) is 0 Å². The van der Waals surface area contributed by atoms with Gasteiger partial charge in [-0.15, -0.1) is 0 Å². The van der Waals surface area contributed by atoms with Gasteiger partial charge in [0.25, 0.3) is 5.56 Å². The largest absolute Gasteiger partial charge is 0.341 e. The predicted molar refractivity (Wildman–Crippen MR) is 119 cm³/mol. The minimum atomic E-state index is -0.103. The van der Waals surface area contributed by atoms with E-state index in [9.17, 15) is 9.59 Å². The molecule has 158 valence electrons. The molecule has 4 aromatic rings. The number of nitrogens with one attached hydrogen (secondary N) is 1. The maximum atomic E-state index is 12.7. The molecular formula is C23H24N6O2. The molecule has 2 aromatic heterocycles. The zero-order valence-electron chi connectivity index (χ0n) is 17.2. The van der Waals surface area contributed by atoms with Crippen molar-refractivity contribution in [3.05, 3.63) is 71.0 Å². The number of para-hydroxylation sites is 3. The second-order valence-corrected chi connectivity index (χ2v) is 7.87. The smallest absolute Gasteiger partial charge is 0.261 e. The van der Waals surface area contributed by atoms with E-state index in [4.69, 9.17) is 0 Å². The van der Waals surface area contributed by atoms with Gasteiger partial charge in [-0.1, -0.05) is 24.3 Å². The third kappa shape index (κ3) is 4.06. The molecule has 1 amide bonds. The second kappa shape index (κ2) is 8.31. The average Bonchev–Trinajstić information content (AvgIpc) is 3.21. The summed E-state index contributed by atoms with van der Waals surface area (Å²) < 4.78 is 1.53. The van der Waals surface area contributed by atoms with Crippen LogP contribution in [0.5, 0.6) is 0 Å². The van der Waals surface area contributed by atoms with Gasteiger partial charge in [0.05, 0.1) is 34.8 Å². The molecule has 1 fully saturated rings. The predicted octanol–water partition coefficient (Wildman–Crippen LogP) is 2.01. The molecule has 0 unspecified atom stereocenters. The number of hydrogen-bond donors (Lipinski definition) is 1. The van der Waals surface area contributed by atoms with Gasteiger partial charge in [0.15, 0.2) is 0 Å². The molecule has 1 aliphatic heterocycles. The van der Waals surface area contributed by atoms with Crippen molar-refractivity contribution < 1.29 is 4.79 Å². The van der Waals surface area contributed by atoms with Crippen LogP contribution < -0.4 is 5.56 Å². The molecule has 8 heteroatoms. The number of piperazine rings is 1. The van der Waals surface area contributed by atoms with Crippen LogP contribution in [0.2, 0.25) is 0 Å². The number of carbonyl (C=O) groups excluding carboxylic acids is 1. The molecule has 0 radical (unpaired) electrons. The van der Waals surface area contributed by atoms with E-state index in [1.807, 2.05) is 47.4 Å². The summed E-state index contributed by atoms with van der Waals surface area (Å²) in [6.07, 6.45) is 1.83. The van der Waals surface area contributed by atoms with Crippen molar-refractivity contribution in [2.75, 3.05) is 26.2 Å². The summed E-state index contributed by atoms with van der Waals surface area (Å²) in [5, 5.41) is 0.580. The summed E-state index contributed by atoms with van der Waals surface area (Å²) >= 11 is 0. The first kappa shape index (κ1) is 19.4. The molecule has 1 saturated heterocycles. The summed E-state index contributed by atoms with van der Waals surface area (Å²) in [4.78, 5) is 41.8. The lowest BCUT2D eigenvalue weighted by Gasteiger charge is -2.34. The lowest BCUT2D eigenvalue weighted by molar-refractivity contribution is -0.133. The molecule has 5 rings (SSSR count). The van der Waals surface area contributed by atoms with Gasteiger partial charge < -0.3 is 9.88 Å². The standard InChI is InChI=1S/C23H24N6O2/c30-22(9-10-29-16-24-18-6-2-1-5-17(18)23(29)31)28-13-11-27(12-14-28)15-21-25-19-7-3-4-8-20(19)26-21/h1-8,16H,9-15H2,(H,25,26). The monoisotopic (exact) mass is 416 g/mol. The maximum Gasteiger partial charge on any atom is 0.261 e. The molecule has 2 aromatic carbocycles. The lowest BCUT2D eigenvalue weighted by atomic mass is 10.2. The number of aromatic nitrogens is 4. The summed E-state index contributed by atoms with van der Waals surface area (Å²) in [6, 6.07) is 15.3. The summed E-state index contributed by atoms with van der Waals surface area (Å²) in [6.45, 7) is 4.07. The fourth-order valence-corrected chi connectivity index (χ4v) is 4.09. The van der Waals surface area contributed by atoms with Crippen molar-refractivity contribution in [3.63, 3.8) is 0 Å². The van der Waals surface area contributed by atoms with Crippen LogP contribution in [0.4, 0.5) is 0 Å². The van der Waals surface area contributed by atoms with Gasteiger partial charge in [0, 0.05) is 39.1 Å². The third-order valence-corrected chi connectivity index (χ3v) is 5.83. The Kier molecular flexibility index (Phi) is 5.21. The Morgan fingerprint density at radius 1 is 0.968 bits per heavy atom. The molecule has 1 aliphatic rings. The highest BCUT2D eigenvalue weighted by Gasteiger charge is 2.22. The van der Waals surface area contributed by atoms with Crippen LogP contribution in [-0.2, 0) is 17.9 Å². The Morgan fingerprint density at radius 2 is 1.71 bits per heavy atom. The maximum absolute atomic E-state index is 12.7. The van der Waals surface area contributed by atoms with Crippen LogP contribution in [-0.4, -0.2) is 61.4 Å². The molecular weight excluding hydrogens is 392 g/mol. The Bertz CT molecular complexity index is 1250. The first-order valence-corrected chi connectivity index (χ1v) is 10.6. The Labute approximate surface area is 179 Å². The van der Waals surface area contributed by atoms with E-state index in [0.717, 1.165) is 36.5 Å². The normalized spacial score (nSPS) is 15.0. The van der Waals surface area contributed by atoms with E-state index in [1.165, 1.54) is 10.9 Å². The minimum absolute atomic E-state index is 0.0726. The van der Waals surface area contributed by atoms with Gasteiger partial charge in [-0.25, -0.2) is 9.97 Å². The highest BCUT2D eigenvalue weighted by atomic mass is 16.2. The van der Waals surface area contributed by atoms with Crippen molar-refractivity contribution in [1.29, 1.82) is 0 Å². The Hall–Kier alpha value is -3.52. The molecule has 0 atom stereocenters. The molecule has 0 spiro atoms. The molecule has 0 bridgehead atoms. The van der Waals surface area contributed by atoms with Gasteiger partial charge in [0.2, 0.25) is 5.91 Å². The van der Waals surface area contributed by atoms with Crippen molar-refractivity contribution >= 4 is 27.8 Å². The highest BCUT2D eigenvalue weighted by Crippen LogP contribution is 2.13. The molecule has 0 aliphatic carbocycles. The van der Waals surface area contributed by atoms with E-state index in [2.05, 4.69) is 19.9 Å². The highest BCUT2D eigenvalue weighted by molar-refractivity contribution is 5.78. The van der Waals surface area contributed by atoms with Crippen molar-refractivity contribution in [3.8, 4) is 0 Å². The molecule has 3 heterocycles. The fraction of sp³-hybridized carbons (Fsp3) is 0.304. The van der Waals surface area contributed by atoms with Gasteiger partial charge in [-0.05, 0) is 24.3 Å². The summed E-state index contributed by atoms with van der Waals surface area (Å²) in [5.41, 5.74) is 2.60. The summed E-state index contributed by atoms with van der Waals surface area (Å²) in [7, 11) is 0. The quantitative estimate of drug-likeness (QED) is 0.538. The van der Waals surface area contributed by atoms with Gasteiger partial charge in [0.1, 0.15) is 5.82 Å². The lowest BCUT2D eigenvalue weighted by Crippen LogP contribution is -2.48. The molecule has 1 N–H and O–H groups in total. The van der Waals surface area contributed by atoms with Crippen molar-refractivity contribution in [2.45, 2.75) is 19.5 Å². The van der Waals surface area contributed by atoms with Crippen molar-refractivity contribution in [1.82, 2.24) is 29.3 Å². The minimum Gasteiger partial charge on any atom is -0.341 e. The zero-order valence-corrected chi connectivity index (χ0v) is 17.2. The number of fused-ring (bicyclic) bond motifs is 2. The Balaban J connectivity index is 1.15. The fourth-order valence-electron chi connectivity index (χ4n) is 4.09. The van der Waals surface area contributed by atoms with E-state index in [1.54, 1.807) is 6.07 Å². The van der Waals surface area contributed by atoms with E-state index in [0.29, 0.717) is 37.0 Å². The second-order valence-electron chi connectivity index (χ2n) is 7.87. The molecule has 8 nitrogen and oxygen atoms in total. The number of benzene rings is 2. The van der Waals surface area contributed by atoms with Crippen LogP contribution in [0.25, 0.3) is 21.9 Å². The topological polar surface area (TPSA) is 87.1 Å². The number of rotatable bonds is 5. The van der Waals surface area contributed by atoms with Crippen LogP contribution in [0.3, 0.4) is 0 Å². The number of aryl methyl sites for hydroxylation is 1. The average molecular weight is 416 g/mol. The first-order valence-electron chi connectivity index (χ1n) is 10.6. The number of aromatic amines is 1. The zero-order chi connectivity index (χ0) is 21.2. The third-order valence-electron chi connectivity index (χ3n) is 5.83. The molecule has 31 heavy (non-hydrogen) atoms. The van der Waals surface area contributed by atoms with E-state index < -0.39 is 0 Å². The number of hydrogen-bond acceptors (Lipinski definition) is 5. The number of imidazole rings is 1. The van der Waals surface area contributed by atoms with Gasteiger partial charge >= 0.3 is 0 Å². The Morgan fingerprint density at radius 3 is 2.52 bits per heavy atom. The van der Waals surface area contributed by atoms with Crippen LogP contribution in [0.15, 0.2) is 59.7 Å². The number of carbonyl (C=O) groups is 1. The first-order chi connectivity index (χ1) is 15.2. The number of amides is 1. The SMILES string of the molecule is O=C(CCn1cnc2ccccc2c1=O)N1CCN(Cc2nc3ccccc3[nH]2)CC1. The van der Waals surface area contributed by atoms with Gasteiger partial charge in [-0.3, -0.25) is 19.1 Å². The van der Waals surface area contributed by atoms with E-state index >= 15 is 0 Å². The number of H-pyrrole nitrogens is 1. The summed E-state index contributed by atoms with van der Waals surface area (Å²) in [5.74, 6) is 1.02. The molecule has 0 saturated carbocycles. The number of nitrogens with zero attached hydrogens (tertiary/aromatic N) is 5. The van der Waals surface area contributed by atoms with Crippen LogP contribution in [0, 0.1) is 0 Å².